The highest BCUT2D eigenvalue weighted by Crippen LogP contribution is 2.04. The molecule has 0 aromatic carbocycles. The maximum Gasteiger partial charge on any atom is 0.225 e. The van der Waals surface area contributed by atoms with E-state index in [-0.39, 0.29) is 11.9 Å². The van der Waals surface area contributed by atoms with Gasteiger partial charge in [0.1, 0.15) is 6.61 Å². The number of rotatable bonds is 13. The molecule has 0 aromatic heterocycles. The Balaban J connectivity index is 1.83. The second-order valence-corrected chi connectivity index (χ2v) is 5.48. The van der Waals surface area contributed by atoms with Gasteiger partial charge < -0.3 is 29.2 Å². The Morgan fingerprint density at radius 3 is 2.25 bits per heavy atom. The van der Waals surface area contributed by atoms with E-state index < -0.39 is 0 Å². The molecule has 138 valence electrons. The van der Waals surface area contributed by atoms with Crippen LogP contribution in [0.25, 0.3) is 0 Å². The molecule has 1 saturated heterocycles. The predicted molar refractivity (Wildman–Crippen MR) is 90.8 cm³/mol. The number of piperazine rings is 1. The van der Waals surface area contributed by atoms with Crippen LogP contribution < -0.4 is 5.32 Å². The first-order valence-corrected chi connectivity index (χ1v) is 8.50. The van der Waals surface area contributed by atoms with Crippen molar-refractivity contribution in [1.82, 2.24) is 10.2 Å². The molecule has 1 fully saturated rings. The van der Waals surface area contributed by atoms with Crippen molar-refractivity contribution in [2.45, 2.75) is 19.4 Å². The van der Waals surface area contributed by atoms with E-state index in [9.17, 15) is 4.79 Å². The van der Waals surface area contributed by atoms with Gasteiger partial charge in [0.15, 0.2) is 0 Å². The maximum absolute atomic E-state index is 12.1. The van der Waals surface area contributed by atoms with E-state index in [1.54, 1.807) is 0 Å². The molecule has 0 saturated carbocycles. The van der Waals surface area contributed by atoms with E-state index in [4.69, 9.17) is 25.4 Å². The fourth-order valence-electron chi connectivity index (χ4n) is 2.31. The molecule has 7 nitrogen and oxygen atoms in total. The summed E-state index contributed by atoms with van der Waals surface area (Å²) in [6.45, 7) is 8.30. The highest BCUT2D eigenvalue weighted by molar-refractivity contribution is 5.76. The maximum atomic E-state index is 12.1. The Kier molecular flexibility index (Phi) is 12.3. The van der Waals surface area contributed by atoms with Gasteiger partial charge in [0, 0.05) is 25.7 Å². The SMILES string of the molecule is C#CCOCCOCCOCCOCCC(=O)N1CCNC[C@@H]1C. The topological polar surface area (TPSA) is 69.3 Å². The third kappa shape index (κ3) is 9.85. The van der Waals surface area contributed by atoms with Crippen LogP contribution in [0.15, 0.2) is 0 Å². The molecular formula is C17H30N2O5. The van der Waals surface area contributed by atoms with Gasteiger partial charge in [0.2, 0.25) is 5.91 Å². The number of carbonyl (C=O) groups is 1. The summed E-state index contributed by atoms with van der Waals surface area (Å²) in [5, 5.41) is 3.27. The van der Waals surface area contributed by atoms with Gasteiger partial charge in [-0.05, 0) is 6.92 Å². The van der Waals surface area contributed by atoms with E-state index in [2.05, 4.69) is 18.2 Å². The van der Waals surface area contributed by atoms with Gasteiger partial charge in [-0.3, -0.25) is 4.79 Å². The molecule has 1 aliphatic rings. The summed E-state index contributed by atoms with van der Waals surface area (Å²) in [6, 6.07) is 0.256. The Bertz CT molecular complexity index is 372. The number of hydrogen-bond donors (Lipinski definition) is 1. The van der Waals surface area contributed by atoms with Crippen LogP contribution in [0.1, 0.15) is 13.3 Å². The molecule has 1 heterocycles. The highest BCUT2D eigenvalue weighted by atomic mass is 16.6. The molecule has 1 aliphatic heterocycles. The molecule has 0 aromatic rings. The third-order valence-electron chi connectivity index (χ3n) is 3.58. The molecular weight excluding hydrogens is 312 g/mol. The molecule has 1 atom stereocenters. The summed E-state index contributed by atoms with van der Waals surface area (Å²) in [6.07, 6.45) is 5.47. The largest absolute Gasteiger partial charge is 0.379 e. The monoisotopic (exact) mass is 342 g/mol. The highest BCUT2D eigenvalue weighted by Gasteiger charge is 2.22. The van der Waals surface area contributed by atoms with Crippen LogP contribution in [0.4, 0.5) is 0 Å². The third-order valence-corrected chi connectivity index (χ3v) is 3.58. The molecule has 1 N–H and O–H groups in total. The van der Waals surface area contributed by atoms with Crippen LogP contribution in [0.2, 0.25) is 0 Å². The Hall–Kier alpha value is -1.17. The molecule has 0 radical (unpaired) electrons. The fraction of sp³-hybridized carbons (Fsp3) is 0.824. The van der Waals surface area contributed by atoms with Crippen LogP contribution in [-0.4, -0.2) is 89.3 Å². The van der Waals surface area contributed by atoms with Crippen LogP contribution in [0.5, 0.6) is 0 Å². The molecule has 0 aliphatic carbocycles. The van der Waals surface area contributed by atoms with Crippen molar-refractivity contribution in [1.29, 1.82) is 0 Å². The van der Waals surface area contributed by atoms with E-state index in [0.29, 0.717) is 59.3 Å². The molecule has 0 bridgehead atoms. The molecule has 0 spiro atoms. The van der Waals surface area contributed by atoms with Gasteiger partial charge >= 0.3 is 0 Å². The summed E-state index contributed by atoms with van der Waals surface area (Å²) in [4.78, 5) is 14.0. The number of nitrogens with one attached hydrogen (secondary N) is 1. The van der Waals surface area contributed by atoms with Crippen molar-refractivity contribution in [2.24, 2.45) is 0 Å². The average molecular weight is 342 g/mol. The van der Waals surface area contributed by atoms with Gasteiger partial charge in [-0.2, -0.15) is 0 Å². The first kappa shape index (κ1) is 20.9. The minimum Gasteiger partial charge on any atom is -0.379 e. The number of terminal acetylenes is 1. The van der Waals surface area contributed by atoms with Crippen molar-refractivity contribution in [3.05, 3.63) is 0 Å². The van der Waals surface area contributed by atoms with E-state index in [1.807, 2.05) is 4.90 Å². The zero-order valence-corrected chi connectivity index (χ0v) is 14.6. The second kappa shape index (κ2) is 14.2. The van der Waals surface area contributed by atoms with Crippen molar-refractivity contribution < 1.29 is 23.7 Å². The molecule has 24 heavy (non-hydrogen) atoms. The summed E-state index contributed by atoms with van der Waals surface area (Å²) < 4.78 is 21.2. The number of carbonyl (C=O) groups excluding carboxylic acids is 1. The predicted octanol–water partition coefficient (Wildman–Crippen LogP) is -0.104. The average Bonchev–Trinajstić information content (AvgIpc) is 2.59. The lowest BCUT2D eigenvalue weighted by Gasteiger charge is -2.34. The quantitative estimate of drug-likeness (QED) is 0.372. The number of hydrogen-bond acceptors (Lipinski definition) is 6. The van der Waals surface area contributed by atoms with E-state index in [1.165, 1.54) is 0 Å². The molecule has 1 rings (SSSR count). The number of ether oxygens (including phenoxy) is 4. The van der Waals surface area contributed by atoms with Crippen molar-refractivity contribution in [3.63, 3.8) is 0 Å². The second-order valence-electron chi connectivity index (χ2n) is 5.48. The van der Waals surface area contributed by atoms with Gasteiger partial charge in [0.25, 0.3) is 0 Å². The number of nitrogens with zero attached hydrogens (tertiary/aromatic N) is 1. The van der Waals surface area contributed by atoms with Gasteiger partial charge in [0.05, 0.1) is 52.7 Å². The minimum atomic E-state index is 0.158. The van der Waals surface area contributed by atoms with E-state index in [0.717, 1.165) is 19.6 Å². The minimum absolute atomic E-state index is 0.158. The van der Waals surface area contributed by atoms with Gasteiger partial charge in [-0.25, -0.2) is 0 Å². The first-order chi connectivity index (χ1) is 11.8. The zero-order chi connectivity index (χ0) is 17.5. The normalized spacial score (nSPS) is 17.7. The van der Waals surface area contributed by atoms with Crippen LogP contribution >= 0.6 is 0 Å². The standard InChI is InChI=1S/C17H30N2O5/c1-3-7-21-9-11-23-13-14-24-12-10-22-8-4-17(20)19-6-5-18-15-16(19)2/h1,16,18H,4-15H2,2H3/t16-/m0/s1. The lowest BCUT2D eigenvalue weighted by molar-refractivity contribution is -0.135. The lowest BCUT2D eigenvalue weighted by Crippen LogP contribution is -2.52. The Morgan fingerprint density at radius 1 is 1.08 bits per heavy atom. The summed E-state index contributed by atoms with van der Waals surface area (Å²) in [5.74, 6) is 2.55. The first-order valence-electron chi connectivity index (χ1n) is 8.50. The zero-order valence-electron chi connectivity index (χ0n) is 14.6. The van der Waals surface area contributed by atoms with Crippen LogP contribution in [0.3, 0.4) is 0 Å². The van der Waals surface area contributed by atoms with Gasteiger partial charge in [-0.1, -0.05) is 5.92 Å². The lowest BCUT2D eigenvalue weighted by atomic mass is 10.2. The molecule has 7 heteroatoms. The Labute approximate surface area is 144 Å². The summed E-state index contributed by atoms with van der Waals surface area (Å²) in [7, 11) is 0. The Morgan fingerprint density at radius 2 is 1.67 bits per heavy atom. The van der Waals surface area contributed by atoms with Crippen molar-refractivity contribution >= 4 is 5.91 Å². The number of amides is 1. The molecule has 1 amide bonds. The van der Waals surface area contributed by atoms with Crippen molar-refractivity contribution in [2.75, 3.05) is 72.5 Å². The van der Waals surface area contributed by atoms with Crippen LogP contribution in [-0.2, 0) is 23.7 Å². The smallest absolute Gasteiger partial charge is 0.225 e. The van der Waals surface area contributed by atoms with Crippen molar-refractivity contribution in [3.8, 4) is 12.3 Å². The van der Waals surface area contributed by atoms with Crippen LogP contribution in [0, 0.1) is 12.3 Å². The van der Waals surface area contributed by atoms with Gasteiger partial charge in [-0.15, -0.1) is 6.42 Å². The summed E-state index contributed by atoms with van der Waals surface area (Å²) in [5.41, 5.74) is 0. The fourth-order valence-corrected chi connectivity index (χ4v) is 2.31. The van der Waals surface area contributed by atoms with E-state index >= 15 is 0 Å². The molecule has 0 unspecified atom stereocenters. The summed E-state index contributed by atoms with van der Waals surface area (Å²) >= 11 is 0.